The summed E-state index contributed by atoms with van der Waals surface area (Å²) >= 11 is 0. The summed E-state index contributed by atoms with van der Waals surface area (Å²) in [6.45, 7) is 2.13. The summed E-state index contributed by atoms with van der Waals surface area (Å²) in [5.74, 6) is 0.949. The predicted octanol–water partition coefficient (Wildman–Crippen LogP) is 2.89. The van der Waals surface area contributed by atoms with Crippen LogP contribution in [0.3, 0.4) is 0 Å². The lowest BCUT2D eigenvalue weighted by Crippen LogP contribution is -2.32. The number of nitrogens with zero attached hydrogens (tertiary/aromatic N) is 1. The van der Waals surface area contributed by atoms with E-state index in [1.807, 2.05) is 30.3 Å². The van der Waals surface area contributed by atoms with Crippen molar-refractivity contribution >= 4 is 12.4 Å². The molecule has 0 N–H and O–H groups in total. The maximum atomic E-state index is 5.69. The standard InChI is InChI=1S/C11H15NO.ClH/c1-3-7-11(8-4-1)13-12-9-5-2-6-10-12;/h1,3-4,7-8H,2,5-6,9-10H2;1H. The number of para-hydroxylation sites is 1. The molecular formula is C11H16ClNO. The van der Waals surface area contributed by atoms with Crippen LogP contribution in [-0.4, -0.2) is 18.2 Å². The normalized spacial score (nSPS) is 17.1. The molecule has 1 aliphatic rings. The molecule has 0 spiro atoms. The second kappa shape index (κ2) is 5.89. The first-order valence-corrected chi connectivity index (χ1v) is 4.93. The molecule has 2 rings (SSSR count). The molecule has 1 aromatic rings. The van der Waals surface area contributed by atoms with E-state index in [4.69, 9.17) is 4.84 Å². The van der Waals surface area contributed by atoms with Gasteiger partial charge in [0.05, 0.1) is 0 Å². The molecule has 0 aliphatic carbocycles. The fourth-order valence-corrected chi connectivity index (χ4v) is 1.59. The Morgan fingerprint density at radius 1 is 0.929 bits per heavy atom. The van der Waals surface area contributed by atoms with Crippen LogP contribution in [0.25, 0.3) is 0 Å². The SMILES string of the molecule is Cl.c1ccc(ON2CCCCC2)cc1. The van der Waals surface area contributed by atoms with Crippen LogP contribution in [0.5, 0.6) is 5.75 Å². The average Bonchev–Trinajstić information content (AvgIpc) is 2.21. The van der Waals surface area contributed by atoms with Crippen molar-refractivity contribution in [2.24, 2.45) is 0 Å². The number of hydroxylamine groups is 2. The highest BCUT2D eigenvalue weighted by atomic mass is 35.5. The monoisotopic (exact) mass is 213 g/mol. The Morgan fingerprint density at radius 3 is 2.21 bits per heavy atom. The van der Waals surface area contributed by atoms with Crippen molar-refractivity contribution in [1.82, 2.24) is 5.06 Å². The van der Waals surface area contributed by atoms with Gasteiger partial charge in [0.15, 0.2) is 0 Å². The first-order chi connectivity index (χ1) is 6.45. The van der Waals surface area contributed by atoms with Crippen LogP contribution < -0.4 is 4.84 Å². The van der Waals surface area contributed by atoms with Crippen LogP contribution in [0, 0.1) is 0 Å². The molecule has 1 fully saturated rings. The van der Waals surface area contributed by atoms with Crippen LogP contribution in [0.1, 0.15) is 19.3 Å². The number of hydrogen-bond acceptors (Lipinski definition) is 2. The van der Waals surface area contributed by atoms with E-state index in [2.05, 4.69) is 5.06 Å². The van der Waals surface area contributed by atoms with Gasteiger partial charge >= 0.3 is 0 Å². The zero-order valence-corrected chi connectivity index (χ0v) is 9.00. The lowest BCUT2D eigenvalue weighted by atomic mass is 10.2. The van der Waals surface area contributed by atoms with E-state index >= 15 is 0 Å². The van der Waals surface area contributed by atoms with Gasteiger partial charge in [-0.05, 0) is 25.0 Å². The lowest BCUT2D eigenvalue weighted by Gasteiger charge is -2.25. The zero-order valence-electron chi connectivity index (χ0n) is 8.19. The van der Waals surface area contributed by atoms with E-state index in [9.17, 15) is 0 Å². The summed E-state index contributed by atoms with van der Waals surface area (Å²) in [6, 6.07) is 9.99. The minimum atomic E-state index is 0. The van der Waals surface area contributed by atoms with Gasteiger partial charge in [-0.1, -0.05) is 24.6 Å². The van der Waals surface area contributed by atoms with Gasteiger partial charge in [-0.2, -0.15) is 0 Å². The van der Waals surface area contributed by atoms with Crippen molar-refractivity contribution in [3.63, 3.8) is 0 Å². The number of benzene rings is 1. The number of rotatable bonds is 2. The highest BCUT2D eigenvalue weighted by Crippen LogP contribution is 2.14. The fraction of sp³-hybridized carbons (Fsp3) is 0.455. The Balaban J connectivity index is 0.000000980. The Labute approximate surface area is 91.2 Å². The van der Waals surface area contributed by atoms with E-state index in [-0.39, 0.29) is 12.4 Å². The molecule has 3 heteroatoms. The van der Waals surface area contributed by atoms with Crippen molar-refractivity contribution in [3.05, 3.63) is 30.3 Å². The topological polar surface area (TPSA) is 12.5 Å². The van der Waals surface area contributed by atoms with E-state index in [1.165, 1.54) is 19.3 Å². The largest absolute Gasteiger partial charge is 0.406 e. The molecule has 1 saturated heterocycles. The zero-order chi connectivity index (χ0) is 8.93. The van der Waals surface area contributed by atoms with Gasteiger partial charge in [0.25, 0.3) is 0 Å². The quantitative estimate of drug-likeness (QED) is 0.749. The van der Waals surface area contributed by atoms with Crippen LogP contribution in [-0.2, 0) is 0 Å². The molecule has 0 bridgehead atoms. The summed E-state index contributed by atoms with van der Waals surface area (Å²) in [6.07, 6.45) is 3.86. The van der Waals surface area contributed by atoms with Crippen LogP contribution in [0.2, 0.25) is 0 Å². The van der Waals surface area contributed by atoms with Crippen molar-refractivity contribution in [3.8, 4) is 5.75 Å². The molecule has 0 amide bonds. The van der Waals surface area contributed by atoms with Gasteiger partial charge in [-0.25, -0.2) is 0 Å². The number of halogens is 1. The maximum absolute atomic E-state index is 5.69. The van der Waals surface area contributed by atoms with Crippen molar-refractivity contribution < 1.29 is 4.84 Å². The molecule has 0 aromatic heterocycles. The van der Waals surface area contributed by atoms with Gasteiger partial charge in [-0.3, -0.25) is 0 Å². The Hall–Kier alpha value is -0.730. The lowest BCUT2D eigenvalue weighted by molar-refractivity contribution is -0.0719. The minimum absolute atomic E-state index is 0. The number of piperidine rings is 1. The van der Waals surface area contributed by atoms with E-state index in [0.717, 1.165) is 18.8 Å². The molecule has 1 heterocycles. The molecule has 0 saturated carbocycles. The summed E-state index contributed by atoms with van der Waals surface area (Å²) in [5, 5.41) is 2.05. The molecule has 2 nitrogen and oxygen atoms in total. The third-order valence-electron chi connectivity index (χ3n) is 2.29. The predicted molar refractivity (Wildman–Crippen MR) is 59.7 cm³/mol. The average molecular weight is 214 g/mol. The first kappa shape index (κ1) is 11.3. The maximum Gasteiger partial charge on any atom is 0.147 e. The molecule has 0 atom stereocenters. The van der Waals surface area contributed by atoms with Gasteiger partial charge < -0.3 is 4.84 Å². The van der Waals surface area contributed by atoms with Gasteiger partial charge in [-0.15, -0.1) is 17.5 Å². The second-order valence-electron chi connectivity index (χ2n) is 3.39. The molecule has 1 aliphatic heterocycles. The molecular weight excluding hydrogens is 198 g/mol. The van der Waals surface area contributed by atoms with E-state index in [0.29, 0.717) is 0 Å². The molecule has 1 aromatic carbocycles. The summed E-state index contributed by atoms with van der Waals surface area (Å²) in [5.41, 5.74) is 0. The Morgan fingerprint density at radius 2 is 1.57 bits per heavy atom. The summed E-state index contributed by atoms with van der Waals surface area (Å²) in [4.78, 5) is 5.69. The highest BCUT2D eigenvalue weighted by Gasteiger charge is 2.10. The number of hydrogen-bond donors (Lipinski definition) is 0. The first-order valence-electron chi connectivity index (χ1n) is 4.93. The van der Waals surface area contributed by atoms with Gasteiger partial charge in [0, 0.05) is 13.1 Å². The fourth-order valence-electron chi connectivity index (χ4n) is 1.59. The molecule has 14 heavy (non-hydrogen) atoms. The summed E-state index contributed by atoms with van der Waals surface area (Å²) < 4.78 is 0. The van der Waals surface area contributed by atoms with Crippen LogP contribution in [0.4, 0.5) is 0 Å². The second-order valence-corrected chi connectivity index (χ2v) is 3.39. The van der Waals surface area contributed by atoms with Crippen molar-refractivity contribution in [2.45, 2.75) is 19.3 Å². The van der Waals surface area contributed by atoms with E-state index in [1.54, 1.807) is 0 Å². The van der Waals surface area contributed by atoms with Crippen LogP contribution >= 0.6 is 12.4 Å². The Kier molecular flexibility index (Phi) is 4.77. The highest BCUT2D eigenvalue weighted by molar-refractivity contribution is 5.85. The minimum Gasteiger partial charge on any atom is -0.406 e. The molecule has 78 valence electrons. The Bertz CT molecular complexity index is 247. The van der Waals surface area contributed by atoms with Crippen LogP contribution in [0.15, 0.2) is 30.3 Å². The third-order valence-corrected chi connectivity index (χ3v) is 2.29. The smallest absolute Gasteiger partial charge is 0.147 e. The third kappa shape index (κ3) is 3.20. The van der Waals surface area contributed by atoms with E-state index < -0.39 is 0 Å². The summed E-state index contributed by atoms with van der Waals surface area (Å²) in [7, 11) is 0. The van der Waals surface area contributed by atoms with Gasteiger partial charge in [0.2, 0.25) is 0 Å². The van der Waals surface area contributed by atoms with Crippen molar-refractivity contribution in [2.75, 3.05) is 13.1 Å². The van der Waals surface area contributed by atoms with Gasteiger partial charge in [0.1, 0.15) is 5.75 Å². The molecule has 0 radical (unpaired) electrons. The van der Waals surface area contributed by atoms with Crippen molar-refractivity contribution in [1.29, 1.82) is 0 Å². The molecule has 0 unspecified atom stereocenters.